The predicted octanol–water partition coefficient (Wildman–Crippen LogP) is -1.27. The van der Waals surface area contributed by atoms with Crippen LogP contribution in [0.5, 0.6) is 0 Å². The Kier molecular flexibility index (Phi) is 5.48. The summed E-state index contributed by atoms with van der Waals surface area (Å²) in [6, 6.07) is 0. The third-order valence-electron chi connectivity index (χ3n) is 3.11. The molecular weight excluding hydrogens is 276 g/mol. The standard InChI is InChI=1S/C12H22N6O3/c1-17(7-9(19)8-20-2)11-14-10(13)15-12(16-11)18-3-5-21-6-4-18/h9,19H,3-8H2,1-2H3,(H2,13,14,15,16). The molecule has 1 atom stereocenters. The smallest absolute Gasteiger partial charge is 0.232 e. The molecule has 0 aliphatic carbocycles. The van der Waals surface area contributed by atoms with E-state index in [1.165, 1.54) is 0 Å². The molecule has 1 aliphatic heterocycles. The number of ether oxygens (including phenoxy) is 2. The van der Waals surface area contributed by atoms with E-state index in [4.69, 9.17) is 15.2 Å². The molecule has 0 spiro atoms. The van der Waals surface area contributed by atoms with Crippen LogP contribution in [0.2, 0.25) is 0 Å². The second-order valence-corrected chi connectivity index (χ2v) is 4.88. The summed E-state index contributed by atoms with van der Waals surface area (Å²) in [5, 5.41) is 9.77. The number of aliphatic hydroxyl groups is 1. The molecule has 0 radical (unpaired) electrons. The van der Waals surface area contributed by atoms with Crippen LogP contribution in [-0.2, 0) is 9.47 Å². The first-order valence-electron chi connectivity index (χ1n) is 6.82. The topological polar surface area (TPSA) is 110 Å². The second kappa shape index (κ2) is 7.34. The van der Waals surface area contributed by atoms with Crippen LogP contribution in [0.1, 0.15) is 0 Å². The summed E-state index contributed by atoms with van der Waals surface area (Å²) < 4.78 is 10.2. The van der Waals surface area contributed by atoms with E-state index < -0.39 is 6.10 Å². The van der Waals surface area contributed by atoms with E-state index in [9.17, 15) is 5.11 Å². The minimum atomic E-state index is -0.621. The van der Waals surface area contributed by atoms with Gasteiger partial charge < -0.3 is 30.1 Å². The van der Waals surface area contributed by atoms with Crippen LogP contribution < -0.4 is 15.5 Å². The summed E-state index contributed by atoms with van der Waals surface area (Å²) in [7, 11) is 3.33. The van der Waals surface area contributed by atoms with Gasteiger partial charge in [0.2, 0.25) is 17.8 Å². The van der Waals surface area contributed by atoms with Crippen LogP contribution in [0.25, 0.3) is 0 Å². The number of anilines is 3. The number of hydrogen-bond acceptors (Lipinski definition) is 9. The Balaban J connectivity index is 2.10. The molecule has 1 aromatic heterocycles. The van der Waals surface area contributed by atoms with Gasteiger partial charge in [0.25, 0.3) is 0 Å². The van der Waals surface area contributed by atoms with Gasteiger partial charge in [-0.3, -0.25) is 0 Å². The molecule has 9 nitrogen and oxygen atoms in total. The molecule has 1 fully saturated rings. The van der Waals surface area contributed by atoms with Crippen LogP contribution in [-0.4, -0.2) is 79.8 Å². The van der Waals surface area contributed by atoms with Crippen molar-refractivity contribution >= 4 is 17.8 Å². The Hall–Kier alpha value is -1.71. The average Bonchev–Trinajstić information content (AvgIpc) is 2.47. The minimum Gasteiger partial charge on any atom is -0.389 e. The first-order valence-corrected chi connectivity index (χ1v) is 6.82. The highest BCUT2D eigenvalue weighted by Gasteiger charge is 2.18. The number of nitrogens with two attached hydrogens (primary N) is 1. The third kappa shape index (κ3) is 4.38. The fraction of sp³-hybridized carbons (Fsp3) is 0.750. The van der Waals surface area contributed by atoms with Crippen molar-refractivity contribution in [1.82, 2.24) is 15.0 Å². The number of morpholine rings is 1. The number of nitrogen functional groups attached to an aromatic ring is 1. The Morgan fingerprint density at radius 3 is 2.76 bits per heavy atom. The van der Waals surface area contributed by atoms with Crippen LogP contribution in [0, 0.1) is 0 Å². The summed E-state index contributed by atoms with van der Waals surface area (Å²) in [6.45, 7) is 3.32. The number of aromatic nitrogens is 3. The lowest BCUT2D eigenvalue weighted by Crippen LogP contribution is -2.38. The number of hydrogen-bond donors (Lipinski definition) is 2. The molecule has 2 rings (SSSR count). The van der Waals surface area contributed by atoms with Crippen LogP contribution in [0.4, 0.5) is 17.8 Å². The summed E-state index contributed by atoms with van der Waals surface area (Å²) in [4.78, 5) is 16.4. The molecular formula is C12H22N6O3. The molecule has 2 heterocycles. The zero-order valence-electron chi connectivity index (χ0n) is 12.4. The highest BCUT2D eigenvalue weighted by atomic mass is 16.5. The molecule has 0 aromatic carbocycles. The average molecular weight is 298 g/mol. The number of rotatable bonds is 6. The summed E-state index contributed by atoms with van der Waals surface area (Å²) in [5.41, 5.74) is 5.76. The van der Waals surface area contributed by atoms with Crippen LogP contribution in [0.15, 0.2) is 0 Å². The fourth-order valence-electron chi connectivity index (χ4n) is 2.09. The van der Waals surface area contributed by atoms with Gasteiger partial charge in [0.15, 0.2) is 0 Å². The Morgan fingerprint density at radius 2 is 2.10 bits per heavy atom. The fourth-order valence-corrected chi connectivity index (χ4v) is 2.09. The molecule has 0 saturated carbocycles. The summed E-state index contributed by atoms with van der Waals surface area (Å²) >= 11 is 0. The molecule has 118 valence electrons. The minimum absolute atomic E-state index is 0.162. The van der Waals surface area contributed by atoms with Gasteiger partial charge in [0, 0.05) is 33.8 Å². The lowest BCUT2D eigenvalue weighted by atomic mass is 10.3. The van der Waals surface area contributed by atoms with Crippen molar-refractivity contribution in [2.24, 2.45) is 0 Å². The van der Waals surface area contributed by atoms with Crippen LogP contribution >= 0.6 is 0 Å². The highest BCUT2D eigenvalue weighted by molar-refractivity contribution is 5.43. The zero-order chi connectivity index (χ0) is 15.2. The van der Waals surface area contributed by atoms with E-state index in [1.807, 2.05) is 4.90 Å². The van der Waals surface area contributed by atoms with Crippen molar-refractivity contribution in [3.05, 3.63) is 0 Å². The van der Waals surface area contributed by atoms with Crippen molar-refractivity contribution in [1.29, 1.82) is 0 Å². The third-order valence-corrected chi connectivity index (χ3v) is 3.11. The zero-order valence-corrected chi connectivity index (χ0v) is 12.4. The summed E-state index contributed by atoms with van der Waals surface area (Å²) in [5.74, 6) is 1.13. The molecule has 3 N–H and O–H groups in total. The molecule has 1 aliphatic rings. The Morgan fingerprint density at radius 1 is 1.38 bits per heavy atom. The molecule has 0 amide bonds. The molecule has 1 saturated heterocycles. The van der Waals surface area contributed by atoms with Gasteiger partial charge in [-0.2, -0.15) is 15.0 Å². The quantitative estimate of drug-likeness (QED) is 0.664. The number of aliphatic hydroxyl groups excluding tert-OH is 1. The maximum Gasteiger partial charge on any atom is 0.232 e. The second-order valence-electron chi connectivity index (χ2n) is 4.88. The predicted molar refractivity (Wildman–Crippen MR) is 78.4 cm³/mol. The number of likely N-dealkylation sites (N-methyl/N-ethyl adjacent to an activating group) is 1. The van der Waals surface area contributed by atoms with E-state index >= 15 is 0 Å². The SMILES string of the molecule is COCC(O)CN(C)c1nc(N)nc(N2CCOCC2)n1. The first kappa shape index (κ1) is 15.7. The van der Waals surface area contributed by atoms with Gasteiger partial charge in [-0.1, -0.05) is 0 Å². The van der Waals surface area contributed by atoms with Gasteiger partial charge in [0.1, 0.15) is 0 Å². The number of methoxy groups -OCH3 is 1. The normalized spacial score (nSPS) is 16.8. The van der Waals surface area contributed by atoms with E-state index in [0.29, 0.717) is 31.7 Å². The van der Waals surface area contributed by atoms with Crippen molar-refractivity contribution in [3.63, 3.8) is 0 Å². The first-order chi connectivity index (χ1) is 10.1. The molecule has 21 heavy (non-hydrogen) atoms. The van der Waals surface area contributed by atoms with E-state index in [0.717, 1.165) is 13.1 Å². The van der Waals surface area contributed by atoms with Gasteiger partial charge in [-0.05, 0) is 0 Å². The van der Waals surface area contributed by atoms with Crippen molar-refractivity contribution in [2.75, 3.05) is 69.1 Å². The van der Waals surface area contributed by atoms with E-state index in [-0.39, 0.29) is 12.6 Å². The van der Waals surface area contributed by atoms with Crippen molar-refractivity contribution < 1.29 is 14.6 Å². The maximum atomic E-state index is 9.77. The Labute approximate surface area is 123 Å². The molecule has 1 aromatic rings. The number of nitrogens with zero attached hydrogens (tertiary/aromatic N) is 5. The van der Waals surface area contributed by atoms with Gasteiger partial charge in [-0.25, -0.2) is 0 Å². The lowest BCUT2D eigenvalue weighted by Gasteiger charge is -2.28. The molecule has 1 unspecified atom stereocenters. The monoisotopic (exact) mass is 298 g/mol. The lowest BCUT2D eigenvalue weighted by molar-refractivity contribution is 0.0693. The largest absolute Gasteiger partial charge is 0.389 e. The van der Waals surface area contributed by atoms with Gasteiger partial charge >= 0.3 is 0 Å². The van der Waals surface area contributed by atoms with Gasteiger partial charge in [0.05, 0.1) is 25.9 Å². The van der Waals surface area contributed by atoms with Crippen molar-refractivity contribution in [3.8, 4) is 0 Å². The van der Waals surface area contributed by atoms with Gasteiger partial charge in [-0.15, -0.1) is 0 Å². The molecule has 9 heteroatoms. The highest BCUT2D eigenvalue weighted by Crippen LogP contribution is 2.15. The maximum absolute atomic E-state index is 9.77. The Bertz CT molecular complexity index is 455. The van der Waals surface area contributed by atoms with E-state index in [1.54, 1.807) is 19.1 Å². The van der Waals surface area contributed by atoms with Crippen LogP contribution in [0.3, 0.4) is 0 Å². The van der Waals surface area contributed by atoms with E-state index in [2.05, 4.69) is 15.0 Å². The van der Waals surface area contributed by atoms with Crippen molar-refractivity contribution in [2.45, 2.75) is 6.10 Å². The summed E-state index contributed by atoms with van der Waals surface area (Å²) in [6.07, 6.45) is -0.621. The molecule has 0 bridgehead atoms.